The Kier molecular flexibility index (Phi) is 4.10. The molecule has 0 spiro atoms. The van der Waals surface area contributed by atoms with Crippen molar-refractivity contribution in [3.05, 3.63) is 42.5 Å². The summed E-state index contributed by atoms with van der Waals surface area (Å²) in [7, 11) is -3.84. The summed E-state index contributed by atoms with van der Waals surface area (Å²) >= 11 is 0. The van der Waals surface area contributed by atoms with Crippen molar-refractivity contribution in [2.24, 2.45) is 0 Å². The highest BCUT2D eigenvalue weighted by molar-refractivity contribution is 7.89. The van der Waals surface area contributed by atoms with Crippen LogP contribution in [-0.4, -0.2) is 37.4 Å². The number of nitrogens with one attached hydrogen (secondary N) is 1. The second-order valence-electron chi connectivity index (χ2n) is 4.96. The third kappa shape index (κ3) is 2.83. The van der Waals surface area contributed by atoms with Crippen LogP contribution in [0.15, 0.2) is 47.4 Å². The number of hydrogen-bond donors (Lipinski definition) is 3. The Morgan fingerprint density at radius 2 is 1.65 bits per heavy atom. The molecule has 0 bridgehead atoms. The van der Waals surface area contributed by atoms with Crippen molar-refractivity contribution in [1.29, 1.82) is 0 Å². The SMILES string of the molecule is CC(CO)(CO)NS(=O)(=O)c1cccc2ccccc12. The van der Waals surface area contributed by atoms with Crippen LogP contribution in [0.5, 0.6) is 0 Å². The minimum Gasteiger partial charge on any atom is -0.394 e. The van der Waals surface area contributed by atoms with Crippen LogP contribution in [0, 0.1) is 0 Å². The molecule has 6 heteroatoms. The van der Waals surface area contributed by atoms with Gasteiger partial charge in [0.2, 0.25) is 10.0 Å². The van der Waals surface area contributed by atoms with E-state index in [1.165, 1.54) is 13.0 Å². The minimum atomic E-state index is -3.84. The second-order valence-corrected chi connectivity index (χ2v) is 6.61. The molecule has 5 nitrogen and oxygen atoms in total. The van der Waals surface area contributed by atoms with Gasteiger partial charge in [0, 0.05) is 5.39 Å². The van der Waals surface area contributed by atoms with E-state index >= 15 is 0 Å². The highest BCUT2D eigenvalue weighted by Crippen LogP contribution is 2.23. The van der Waals surface area contributed by atoms with Gasteiger partial charge in [-0.2, -0.15) is 0 Å². The van der Waals surface area contributed by atoms with Gasteiger partial charge in [0.15, 0.2) is 0 Å². The number of hydrogen-bond acceptors (Lipinski definition) is 4. The normalized spacial score (nSPS) is 12.8. The summed E-state index contributed by atoms with van der Waals surface area (Å²) in [5.74, 6) is 0. The van der Waals surface area contributed by atoms with Crippen molar-refractivity contribution in [1.82, 2.24) is 4.72 Å². The number of aliphatic hydroxyl groups is 2. The van der Waals surface area contributed by atoms with E-state index in [1.807, 2.05) is 18.2 Å². The Morgan fingerprint density at radius 1 is 1.05 bits per heavy atom. The lowest BCUT2D eigenvalue weighted by molar-refractivity contribution is 0.122. The van der Waals surface area contributed by atoms with E-state index < -0.39 is 28.8 Å². The molecule has 0 heterocycles. The van der Waals surface area contributed by atoms with Crippen LogP contribution < -0.4 is 4.72 Å². The largest absolute Gasteiger partial charge is 0.394 e. The molecular formula is C14H17NO4S. The number of rotatable bonds is 5. The fourth-order valence-corrected chi connectivity index (χ4v) is 3.54. The first-order valence-electron chi connectivity index (χ1n) is 6.15. The molecule has 0 unspecified atom stereocenters. The van der Waals surface area contributed by atoms with E-state index in [-0.39, 0.29) is 4.90 Å². The molecule has 0 aromatic heterocycles. The summed E-state index contributed by atoms with van der Waals surface area (Å²) in [5.41, 5.74) is -1.30. The summed E-state index contributed by atoms with van der Waals surface area (Å²) in [5, 5.41) is 19.9. The molecule has 0 amide bonds. The van der Waals surface area contributed by atoms with Gasteiger partial charge < -0.3 is 10.2 Å². The predicted molar refractivity (Wildman–Crippen MR) is 76.8 cm³/mol. The average Bonchev–Trinajstić information content (AvgIpc) is 2.46. The third-order valence-corrected chi connectivity index (χ3v) is 4.81. The van der Waals surface area contributed by atoms with Crippen LogP contribution in [0.25, 0.3) is 10.8 Å². The first-order valence-corrected chi connectivity index (χ1v) is 7.64. The second kappa shape index (κ2) is 5.49. The molecule has 3 N–H and O–H groups in total. The van der Waals surface area contributed by atoms with Crippen molar-refractivity contribution >= 4 is 20.8 Å². The summed E-state index contributed by atoms with van der Waals surface area (Å²) in [4.78, 5) is 0.128. The number of fused-ring (bicyclic) bond motifs is 1. The van der Waals surface area contributed by atoms with Crippen LogP contribution in [-0.2, 0) is 10.0 Å². The molecule has 0 atom stereocenters. The molecule has 0 saturated heterocycles. The molecule has 0 saturated carbocycles. The maximum Gasteiger partial charge on any atom is 0.241 e. The number of benzene rings is 2. The van der Waals surface area contributed by atoms with Crippen molar-refractivity contribution < 1.29 is 18.6 Å². The van der Waals surface area contributed by atoms with Gasteiger partial charge >= 0.3 is 0 Å². The average molecular weight is 295 g/mol. The standard InChI is InChI=1S/C14H17NO4S/c1-14(9-16,10-17)15-20(18,19)13-8-4-6-11-5-2-3-7-12(11)13/h2-8,15-17H,9-10H2,1H3. The monoisotopic (exact) mass is 295 g/mol. The van der Waals surface area contributed by atoms with Crippen LogP contribution in [0.3, 0.4) is 0 Å². The lowest BCUT2D eigenvalue weighted by atomic mass is 10.1. The van der Waals surface area contributed by atoms with Crippen LogP contribution in [0.1, 0.15) is 6.92 Å². The first-order chi connectivity index (χ1) is 9.42. The summed E-state index contributed by atoms with van der Waals surface area (Å²) in [6.07, 6.45) is 0. The number of aliphatic hydroxyl groups excluding tert-OH is 2. The van der Waals surface area contributed by atoms with Crippen molar-refractivity contribution in [2.45, 2.75) is 17.4 Å². The van der Waals surface area contributed by atoms with Gasteiger partial charge in [0.25, 0.3) is 0 Å². The molecule has 20 heavy (non-hydrogen) atoms. The van der Waals surface area contributed by atoms with E-state index in [0.29, 0.717) is 5.39 Å². The molecule has 0 aliphatic rings. The molecule has 0 fully saturated rings. The zero-order valence-electron chi connectivity index (χ0n) is 11.1. The summed E-state index contributed by atoms with van der Waals surface area (Å²) in [6.45, 7) is 0.455. The summed E-state index contributed by atoms with van der Waals surface area (Å²) in [6, 6.07) is 12.1. The van der Waals surface area contributed by atoms with Gasteiger partial charge in [0.05, 0.1) is 23.6 Å². The maximum atomic E-state index is 12.4. The van der Waals surface area contributed by atoms with Gasteiger partial charge in [-0.1, -0.05) is 36.4 Å². The Hall–Kier alpha value is -1.47. The van der Waals surface area contributed by atoms with Gasteiger partial charge in [-0.05, 0) is 18.4 Å². The van der Waals surface area contributed by atoms with Crippen LogP contribution in [0.4, 0.5) is 0 Å². The van der Waals surface area contributed by atoms with Crippen molar-refractivity contribution in [3.63, 3.8) is 0 Å². The highest BCUT2D eigenvalue weighted by Gasteiger charge is 2.30. The molecule has 0 aliphatic carbocycles. The topological polar surface area (TPSA) is 86.6 Å². The van der Waals surface area contributed by atoms with E-state index in [1.54, 1.807) is 18.2 Å². The Morgan fingerprint density at radius 3 is 2.30 bits per heavy atom. The van der Waals surface area contributed by atoms with E-state index in [2.05, 4.69) is 4.72 Å². The summed E-state index contributed by atoms with van der Waals surface area (Å²) < 4.78 is 27.2. The van der Waals surface area contributed by atoms with Crippen molar-refractivity contribution in [2.75, 3.05) is 13.2 Å². The zero-order valence-corrected chi connectivity index (χ0v) is 11.9. The lowest BCUT2D eigenvalue weighted by Crippen LogP contribution is -2.51. The number of sulfonamides is 1. The van der Waals surface area contributed by atoms with E-state index in [9.17, 15) is 18.6 Å². The van der Waals surface area contributed by atoms with E-state index in [4.69, 9.17) is 0 Å². The van der Waals surface area contributed by atoms with Crippen LogP contribution in [0.2, 0.25) is 0 Å². The first kappa shape index (κ1) is 14.9. The Bertz CT molecular complexity index is 703. The fraction of sp³-hybridized carbons (Fsp3) is 0.286. The predicted octanol–water partition coefficient (Wildman–Crippen LogP) is 0.861. The molecule has 2 aromatic carbocycles. The maximum absolute atomic E-state index is 12.4. The Labute approximate surface area is 117 Å². The van der Waals surface area contributed by atoms with Gasteiger partial charge in [-0.25, -0.2) is 13.1 Å². The van der Waals surface area contributed by atoms with E-state index in [0.717, 1.165) is 5.39 Å². The molecule has 108 valence electrons. The fourth-order valence-electron chi connectivity index (χ4n) is 1.92. The zero-order chi connectivity index (χ0) is 14.8. The van der Waals surface area contributed by atoms with Gasteiger partial charge in [-0.3, -0.25) is 0 Å². The smallest absolute Gasteiger partial charge is 0.241 e. The Balaban J connectivity index is 2.53. The lowest BCUT2D eigenvalue weighted by Gasteiger charge is -2.26. The van der Waals surface area contributed by atoms with Crippen molar-refractivity contribution in [3.8, 4) is 0 Å². The third-order valence-electron chi connectivity index (χ3n) is 3.12. The molecular weight excluding hydrogens is 278 g/mol. The minimum absolute atomic E-state index is 0.128. The molecule has 2 rings (SSSR count). The van der Waals surface area contributed by atoms with Gasteiger partial charge in [-0.15, -0.1) is 0 Å². The molecule has 2 aromatic rings. The van der Waals surface area contributed by atoms with Crippen LogP contribution >= 0.6 is 0 Å². The van der Waals surface area contributed by atoms with Gasteiger partial charge in [0.1, 0.15) is 0 Å². The molecule has 0 aliphatic heterocycles. The quantitative estimate of drug-likeness (QED) is 0.763. The molecule has 0 radical (unpaired) electrons. The highest BCUT2D eigenvalue weighted by atomic mass is 32.2.